The van der Waals surface area contributed by atoms with Gasteiger partial charge in [-0.2, -0.15) is 0 Å². The van der Waals surface area contributed by atoms with E-state index in [1.807, 2.05) is 22.7 Å². The van der Waals surface area contributed by atoms with Crippen molar-refractivity contribution in [1.29, 1.82) is 0 Å². The van der Waals surface area contributed by atoms with Crippen molar-refractivity contribution in [3.8, 4) is 33.4 Å². The number of fused-ring (bicyclic) bond motifs is 11. The standard InChI is InChI=1S/C52H30S2/c1-2-12-31(13-3-1)50-38-17-6-8-19-40(38)51(41-20-9-7-18-39(41)50)42-26-25-34(35-14-4-5-15-36(35)42)32-22-24-43-48(28-32)54-47-27-23-33-29-49-45(30-44(33)52(43)47)37-16-10-11-21-46(37)53-49/h1-30H. The SMILES string of the molecule is c1ccc(-c2c3ccccc3c(-c3ccc(-c4ccc5c(c4)sc4ccc6cc7sc8ccccc8c7cc6c45)c4ccccc34)c3ccccc23)cc1. The minimum Gasteiger partial charge on any atom is -0.135 e. The predicted octanol–water partition coefficient (Wildman–Crippen LogP) is 16.0. The molecule has 54 heavy (non-hydrogen) atoms. The van der Waals surface area contributed by atoms with Crippen LogP contribution in [0.4, 0.5) is 0 Å². The zero-order chi connectivity index (χ0) is 35.3. The van der Waals surface area contributed by atoms with Gasteiger partial charge in [0.15, 0.2) is 0 Å². The first-order valence-corrected chi connectivity index (χ1v) is 20.1. The molecule has 0 aliphatic carbocycles. The number of thiophene rings is 2. The Hall–Kier alpha value is -6.32. The van der Waals surface area contributed by atoms with E-state index in [1.165, 1.54) is 117 Å². The van der Waals surface area contributed by atoms with Crippen molar-refractivity contribution in [2.75, 3.05) is 0 Å². The second-order valence-corrected chi connectivity index (χ2v) is 16.5. The lowest BCUT2D eigenvalue weighted by Crippen LogP contribution is -1.92. The van der Waals surface area contributed by atoms with Crippen LogP contribution in [-0.4, -0.2) is 0 Å². The van der Waals surface area contributed by atoms with E-state index < -0.39 is 0 Å². The van der Waals surface area contributed by atoms with Gasteiger partial charge in [-0.3, -0.25) is 0 Å². The maximum atomic E-state index is 2.44. The van der Waals surface area contributed by atoms with Crippen LogP contribution in [0, 0.1) is 0 Å². The van der Waals surface area contributed by atoms with Gasteiger partial charge in [0.1, 0.15) is 0 Å². The fraction of sp³-hybridized carbons (Fsp3) is 0. The summed E-state index contributed by atoms with van der Waals surface area (Å²) in [5.74, 6) is 0. The molecule has 12 rings (SSSR count). The molecule has 2 aromatic heterocycles. The first-order chi connectivity index (χ1) is 26.8. The number of rotatable bonds is 3. The molecule has 0 aliphatic rings. The third kappa shape index (κ3) is 4.36. The summed E-state index contributed by atoms with van der Waals surface area (Å²) < 4.78 is 5.37. The molecule has 0 saturated heterocycles. The summed E-state index contributed by atoms with van der Waals surface area (Å²) in [6.07, 6.45) is 0. The van der Waals surface area contributed by atoms with Crippen LogP contribution in [0.15, 0.2) is 182 Å². The molecule has 0 radical (unpaired) electrons. The van der Waals surface area contributed by atoms with Crippen molar-refractivity contribution >= 4 is 106 Å². The Labute approximate surface area is 319 Å². The van der Waals surface area contributed by atoms with Crippen molar-refractivity contribution in [3.05, 3.63) is 182 Å². The monoisotopic (exact) mass is 718 g/mol. The highest BCUT2D eigenvalue weighted by molar-refractivity contribution is 7.26. The van der Waals surface area contributed by atoms with E-state index in [9.17, 15) is 0 Å². The molecule has 10 aromatic carbocycles. The molecule has 12 aromatic rings. The van der Waals surface area contributed by atoms with Crippen LogP contribution >= 0.6 is 22.7 Å². The minimum atomic E-state index is 1.24. The molecule has 0 saturated carbocycles. The highest BCUT2D eigenvalue weighted by atomic mass is 32.1. The molecule has 0 spiro atoms. The molecule has 0 bridgehead atoms. The average molecular weight is 719 g/mol. The van der Waals surface area contributed by atoms with Crippen LogP contribution in [0.1, 0.15) is 0 Å². The molecule has 0 unspecified atom stereocenters. The zero-order valence-electron chi connectivity index (χ0n) is 29.1. The fourth-order valence-electron chi connectivity index (χ4n) is 9.09. The van der Waals surface area contributed by atoms with Crippen molar-refractivity contribution in [1.82, 2.24) is 0 Å². The lowest BCUT2D eigenvalue weighted by molar-refractivity contribution is 1.66. The summed E-state index contributed by atoms with van der Waals surface area (Å²) in [5, 5.41) is 15.7. The van der Waals surface area contributed by atoms with Crippen molar-refractivity contribution in [3.63, 3.8) is 0 Å². The molecule has 0 nitrogen and oxygen atoms in total. The summed E-state index contributed by atoms with van der Waals surface area (Å²) in [7, 11) is 0. The number of hydrogen-bond acceptors (Lipinski definition) is 2. The molecule has 0 aliphatic heterocycles. The smallest absolute Gasteiger partial charge is 0.0361 e. The number of benzene rings is 10. The van der Waals surface area contributed by atoms with E-state index in [0.717, 1.165) is 0 Å². The van der Waals surface area contributed by atoms with Crippen LogP contribution in [-0.2, 0) is 0 Å². The highest BCUT2D eigenvalue weighted by Crippen LogP contribution is 2.48. The van der Waals surface area contributed by atoms with Gasteiger partial charge in [-0.05, 0) is 107 Å². The first-order valence-electron chi connectivity index (χ1n) is 18.5. The Morgan fingerprint density at radius 3 is 1.57 bits per heavy atom. The molecule has 2 heteroatoms. The van der Waals surface area contributed by atoms with Gasteiger partial charge >= 0.3 is 0 Å². The Bertz CT molecular complexity index is 3430. The van der Waals surface area contributed by atoms with Gasteiger partial charge in [0.2, 0.25) is 0 Å². The van der Waals surface area contributed by atoms with Gasteiger partial charge in [0, 0.05) is 40.3 Å². The van der Waals surface area contributed by atoms with E-state index >= 15 is 0 Å². The second kappa shape index (κ2) is 11.6. The highest BCUT2D eigenvalue weighted by Gasteiger charge is 2.19. The van der Waals surface area contributed by atoms with Crippen LogP contribution < -0.4 is 0 Å². The van der Waals surface area contributed by atoms with Crippen molar-refractivity contribution < 1.29 is 0 Å². The summed E-state index contributed by atoms with van der Waals surface area (Å²) in [5.41, 5.74) is 7.62. The van der Waals surface area contributed by atoms with E-state index in [4.69, 9.17) is 0 Å². The second-order valence-electron chi connectivity index (χ2n) is 14.3. The lowest BCUT2D eigenvalue weighted by atomic mass is 9.84. The topological polar surface area (TPSA) is 0 Å². The Kier molecular flexibility index (Phi) is 6.48. The van der Waals surface area contributed by atoms with Crippen LogP contribution in [0.25, 0.3) is 117 Å². The van der Waals surface area contributed by atoms with Gasteiger partial charge in [-0.1, -0.05) is 152 Å². The molecule has 250 valence electrons. The first kappa shape index (κ1) is 30.2. The van der Waals surface area contributed by atoms with Gasteiger partial charge in [-0.25, -0.2) is 0 Å². The minimum absolute atomic E-state index is 1.24. The summed E-state index contributed by atoms with van der Waals surface area (Å²) in [6.45, 7) is 0. The predicted molar refractivity (Wildman–Crippen MR) is 239 cm³/mol. The molecule has 0 amide bonds. The molecular formula is C52H30S2. The molecule has 2 heterocycles. The Morgan fingerprint density at radius 1 is 0.259 bits per heavy atom. The molecule has 0 fully saturated rings. The van der Waals surface area contributed by atoms with Crippen molar-refractivity contribution in [2.45, 2.75) is 0 Å². The van der Waals surface area contributed by atoms with E-state index in [1.54, 1.807) is 0 Å². The average Bonchev–Trinajstić information content (AvgIpc) is 3.79. The maximum Gasteiger partial charge on any atom is 0.0361 e. The third-order valence-electron chi connectivity index (χ3n) is 11.4. The Morgan fingerprint density at radius 2 is 0.833 bits per heavy atom. The van der Waals surface area contributed by atoms with Crippen molar-refractivity contribution in [2.24, 2.45) is 0 Å². The lowest BCUT2D eigenvalue weighted by Gasteiger charge is -2.19. The summed E-state index contributed by atoms with van der Waals surface area (Å²) in [6, 6.07) is 67.8. The Balaban J connectivity index is 1.07. The number of hydrogen-bond donors (Lipinski definition) is 0. The summed E-state index contributed by atoms with van der Waals surface area (Å²) in [4.78, 5) is 0. The third-order valence-corrected chi connectivity index (χ3v) is 13.7. The van der Waals surface area contributed by atoms with Crippen LogP contribution in [0.3, 0.4) is 0 Å². The molecular weight excluding hydrogens is 689 g/mol. The van der Waals surface area contributed by atoms with Gasteiger partial charge in [0.25, 0.3) is 0 Å². The van der Waals surface area contributed by atoms with Gasteiger partial charge in [0.05, 0.1) is 0 Å². The largest absolute Gasteiger partial charge is 0.135 e. The van der Waals surface area contributed by atoms with E-state index in [-0.39, 0.29) is 0 Å². The quantitative estimate of drug-likeness (QED) is 0.160. The normalized spacial score (nSPS) is 12.1. The maximum absolute atomic E-state index is 2.44. The molecule has 0 atom stereocenters. The van der Waals surface area contributed by atoms with Crippen LogP contribution in [0.5, 0.6) is 0 Å². The van der Waals surface area contributed by atoms with Crippen LogP contribution in [0.2, 0.25) is 0 Å². The zero-order valence-corrected chi connectivity index (χ0v) is 30.8. The van der Waals surface area contributed by atoms with E-state index in [0.29, 0.717) is 0 Å². The van der Waals surface area contributed by atoms with Gasteiger partial charge in [-0.15, -0.1) is 22.7 Å². The van der Waals surface area contributed by atoms with E-state index in [2.05, 4.69) is 182 Å². The van der Waals surface area contributed by atoms with Gasteiger partial charge < -0.3 is 0 Å². The fourth-order valence-corrected chi connectivity index (χ4v) is 11.4. The molecule has 0 N–H and O–H groups in total. The summed E-state index contributed by atoms with van der Waals surface area (Å²) >= 11 is 3.80.